The maximum atomic E-state index is 13.4. The van der Waals surface area contributed by atoms with E-state index < -0.39 is 20.3 Å². The molecule has 0 aliphatic heterocycles. The summed E-state index contributed by atoms with van der Waals surface area (Å²) in [6.07, 6.45) is 0.772. The molecule has 16 heavy (non-hydrogen) atoms. The van der Waals surface area contributed by atoms with Crippen LogP contribution in [0, 0.1) is 17.0 Å². The number of hydrogen-bond donors (Lipinski definition) is 0. The molecule has 1 unspecified atom stereocenters. The third-order valence-corrected chi connectivity index (χ3v) is 3.08. The maximum Gasteiger partial charge on any atom is 0.272 e. The van der Waals surface area contributed by atoms with Crippen molar-refractivity contribution in [2.75, 3.05) is 6.26 Å². The Morgan fingerprint density at radius 1 is 1.44 bits per heavy atom. The molecule has 0 N–H and O–H groups in total. The molecule has 1 aromatic carbocycles. The van der Waals surface area contributed by atoms with Gasteiger partial charge in [-0.05, 0) is 19.1 Å². The van der Waals surface area contributed by atoms with Gasteiger partial charge in [-0.2, -0.15) is 0 Å². The first kappa shape index (κ1) is 12.6. The second kappa shape index (κ2) is 4.17. The average molecular weight is 247 g/mol. The summed E-state index contributed by atoms with van der Waals surface area (Å²) in [7, 11) is -3.84. The Bertz CT molecular complexity index is 526. The van der Waals surface area contributed by atoms with Crippen molar-refractivity contribution < 1.29 is 17.7 Å². The van der Waals surface area contributed by atoms with Gasteiger partial charge in [-0.3, -0.25) is 10.1 Å². The molecule has 1 aromatic rings. The summed E-state index contributed by atoms with van der Waals surface area (Å²) in [5, 5.41) is 10.5. The zero-order valence-electron chi connectivity index (χ0n) is 8.68. The molecule has 0 aromatic heterocycles. The van der Waals surface area contributed by atoms with E-state index in [-0.39, 0.29) is 16.8 Å². The van der Waals surface area contributed by atoms with E-state index in [1.54, 1.807) is 0 Å². The molecule has 0 saturated carbocycles. The zero-order chi connectivity index (χ0) is 12.5. The van der Waals surface area contributed by atoms with Gasteiger partial charge in [0.1, 0.15) is 0 Å². The van der Waals surface area contributed by atoms with Gasteiger partial charge < -0.3 is 0 Å². The molecule has 1 rings (SSSR count). The van der Waals surface area contributed by atoms with Crippen LogP contribution in [-0.2, 0) is 9.84 Å². The number of benzene rings is 1. The van der Waals surface area contributed by atoms with Crippen LogP contribution in [0.2, 0.25) is 0 Å². The summed E-state index contributed by atoms with van der Waals surface area (Å²) in [5.41, 5.74) is -2.17. The van der Waals surface area contributed by atoms with Gasteiger partial charge in [0.2, 0.25) is 5.50 Å². The normalized spacial score (nSPS) is 13.4. The van der Waals surface area contributed by atoms with Gasteiger partial charge in [-0.25, -0.2) is 12.8 Å². The number of hydrogen-bond acceptors (Lipinski definition) is 4. The van der Waals surface area contributed by atoms with Gasteiger partial charge in [0.15, 0.2) is 9.84 Å². The van der Waals surface area contributed by atoms with Crippen molar-refractivity contribution in [1.29, 1.82) is 0 Å². The summed E-state index contributed by atoms with van der Waals surface area (Å²) >= 11 is 0. The Labute approximate surface area is 92.0 Å². The predicted molar refractivity (Wildman–Crippen MR) is 56.5 cm³/mol. The number of rotatable bonds is 3. The third kappa shape index (κ3) is 2.54. The monoisotopic (exact) mass is 247 g/mol. The molecule has 0 amide bonds. The molecule has 0 saturated heterocycles. The highest BCUT2D eigenvalue weighted by Gasteiger charge is 2.23. The number of nitro groups is 1. The Hall–Kier alpha value is -1.50. The van der Waals surface area contributed by atoms with Crippen LogP contribution in [-0.4, -0.2) is 19.6 Å². The molecule has 88 valence electrons. The largest absolute Gasteiger partial charge is 0.272 e. The fourth-order valence-corrected chi connectivity index (χ4v) is 1.91. The van der Waals surface area contributed by atoms with Crippen molar-refractivity contribution in [3.8, 4) is 0 Å². The molecule has 0 bridgehead atoms. The Morgan fingerprint density at radius 2 is 2.00 bits per heavy atom. The topological polar surface area (TPSA) is 77.3 Å². The van der Waals surface area contributed by atoms with Crippen LogP contribution < -0.4 is 0 Å². The average Bonchev–Trinajstić information content (AvgIpc) is 2.14. The van der Waals surface area contributed by atoms with Gasteiger partial charge in [0, 0.05) is 23.4 Å². The fourth-order valence-electron chi connectivity index (χ4n) is 1.27. The van der Waals surface area contributed by atoms with Crippen LogP contribution in [0.4, 0.5) is 10.1 Å². The van der Waals surface area contributed by atoms with Crippen molar-refractivity contribution in [2.45, 2.75) is 12.4 Å². The molecule has 0 aliphatic carbocycles. The van der Waals surface area contributed by atoms with Gasteiger partial charge in [-0.15, -0.1) is 0 Å². The third-order valence-electron chi connectivity index (χ3n) is 2.06. The number of nitrogens with zero attached hydrogens (tertiary/aromatic N) is 1. The molecule has 0 aliphatic rings. The van der Waals surface area contributed by atoms with Gasteiger partial charge in [0.25, 0.3) is 5.69 Å². The van der Waals surface area contributed by atoms with E-state index in [4.69, 9.17) is 0 Å². The number of alkyl halides is 1. The van der Waals surface area contributed by atoms with E-state index >= 15 is 0 Å². The summed E-state index contributed by atoms with van der Waals surface area (Å²) in [6.45, 7) is 1.43. The highest BCUT2D eigenvalue weighted by Crippen LogP contribution is 2.27. The van der Waals surface area contributed by atoms with Crippen LogP contribution in [0.1, 0.15) is 16.6 Å². The zero-order valence-corrected chi connectivity index (χ0v) is 9.49. The summed E-state index contributed by atoms with van der Waals surface area (Å²) in [6, 6.07) is 3.38. The summed E-state index contributed by atoms with van der Waals surface area (Å²) in [4.78, 5) is 9.89. The smallest absolute Gasteiger partial charge is 0.258 e. The summed E-state index contributed by atoms with van der Waals surface area (Å²) in [5.74, 6) is 0. The van der Waals surface area contributed by atoms with E-state index in [0.29, 0.717) is 0 Å². The molecule has 0 fully saturated rings. The summed E-state index contributed by atoms with van der Waals surface area (Å²) < 4.78 is 35.3. The number of nitro benzene ring substituents is 1. The second-order valence-corrected chi connectivity index (χ2v) is 5.52. The number of halogens is 1. The second-order valence-electron chi connectivity index (χ2n) is 3.45. The van der Waals surface area contributed by atoms with E-state index in [0.717, 1.165) is 18.4 Å². The van der Waals surface area contributed by atoms with Gasteiger partial charge in [0.05, 0.1) is 4.92 Å². The minimum atomic E-state index is -3.84. The van der Waals surface area contributed by atoms with Crippen molar-refractivity contribution in [3.05, 3.63) is 39.4 Å². The van der Waals surface area contributed by atoms with E-state index in [1.807, 2.05) is 0 Å². The maximum absolute atomic E-state index is 13.4. The van der Waals surface area contributed by atoms with Gasteiger partial charge in [-0.1, -0.05) is 0 Å². The van der Waals surface area contributed by atoms with Crippen LogP contribution >= 0.6 is 0 Å². The van der Waals surface area contributed by atoms with Crippen LogP contribution in [0.25, 0.3) is 0 Å². The number of aryl methyl sites for hydroxylation is 1. The minimum Gasteiger partial charge on any atom is -0.258 e. The molecule has 0 spiro atoms. The molecular weight excluding hydrogens is 237 g/mol. The van der Waals surface area contributed by atoms with E-state index in [1.165, 1.54) is 13.0 Å². The minimum absolute atomic E-state index is 0.0920. The first-order valence-electron chi connectivity index (χ1n) is 4.31. The molecule has 0 radical (unpaired) electrons. The Kier molecular flexibility index (Phi) is 3.27. The standard InChI is InChI=1S/C9H10FNO4S/c1-6-5-7(9(10)16(2,14)15)3-4-8(6)11(12)13/h3-5,9H,1-2H3. The lowest BCUT2D eigenvalue weighted by Crippen LogP contribution is -2.06. The predicted octanol–water partition coefficient (Wildman–Crippen LogP) is 1.92. The highest BCUT2D eigenvalue weighted by molar-refractivity contribution is 7.90. The number of sulfone groups is 1. The molecule has 0 heterocycles. The van der Waals surface area contributed by atoms with Crippen molar-refractivity contribution in [1.82, 2.24) is 0 Å². The SMILES string of the molecule is Cc1cc(C(F)S(C)(=O)=O)ccc1[N+](=O)[O-]. The quantitative estimate of drug-likeness (QED) is 0.603. The van der Waals surface area contributed by atoms with Gasteiger partial charge >= 0.3 is 0 Å². The Balaban J connectivity index is 3.21. The van der Waals surface area contributed by atoms with Crippen molar-refractivity contribution >= 4 is 15.5 Å². The molecule has 1 atom stereocenters. The molecular formula is C9H10FNO4S. The lowest BCUT2D eigenvalue weighted by Gasteiger charge is -2.07. The van der Waals surface area contributed by atoms with Crippen LogP contribution in [0.3, 0.4) is 0 Å². The van der Waals surface area contributed by atoms with Crippen LogP contribution in [0.15, 0.2) is 18.2 Å². The van der Waals surface area contributed by atoms with E-state index in [2.05, 4.69) is 0 Å². The van der Waals surface area contributed by atoms with Crippen molar-refractivity contribution in [3.63, 3.8) is 0 Å². The first-order chi connectivity index (χ1) is 7.23. The highest BCUT2D eigenvalue weighted by atomic mass is 32.2. The van der Waals surface area contributed by atoms with E-state index in [9.17, 15) is 22.9 Å². The lowest BCUT2D eigenvalue weighted by molar-refractivity contribution is -0.385. The lowest BCUT2D eigenvalue weighted by atomic mass is 10.1. The van der Waals surface area contributed by atoms with Crippen LogP contribution in [0.5, 0.6) is 0 Å². The fraction of sp³-hybridized carbons (Fsp3) is 0.333. The molecule has 5 nitrogen and oxygen atoms in total. The Morgan fingerprint density at radius 3 is 2.38 bits per heavy atom. The van der Waals surface area contributed by atoms with Crippen molar-refractivity contribution in [2.24, 2.45) is 0 Å². The first-order valence-corrected chi connectivity index (χ1v) is 6.27. The molecule has 7 heteroatoms.